The molecule has 1 aliphatic rings. The standard InChI is InChI=1S/C36H46BN5O7/c1-23(2)20-31(37-41(5)30(36(47)49-37)22-42(21-24(3)35(46)48-6)27-16-11-8-12-17-27)39-34(45)32(25(4)43)40-33(44)29-19-13-18-28(38-29)26-14-9-7-10-15-26/h7-19,23-25,30-32,43H,20-22H2,1-6H3,(H,39,45)(H,40,44)/t24-,25+,30-,31-,32-/m0/s1. The first kappa shape index (κ1) is 37.1. The number of aliphatic hydroxyl groups excluding tert-OH is 1. The number of carbonyl (C=O) groups is 4. The van der Waals surface area contributed by atoms with Crippen molar-refractivity contribution in [2.24, 2.45) is 11.8 Å². The Morgan fingerprint density at radius 3 is 2.24 bits per heavy atom. The second-order valence-corrected chi connectivity index (χ2v) is 12.9. The van der Waals surface area contributed by atoms with Gasteiger partial charge in [-0.3, -0.25) is 24.0 Å². The fraction of sp³-hybridized carbons (Fsp3) is 0.417. The summed E-state index contributed by atoms with van der Waals surface area (Å²) in [5.41, 5.74) is 2.34. The zero-order chi connectivity index (χ0) is 35.7. The van der Waals surface area contributed by atoms with Crippen LogP contribution in [0, 0.1) is 11.8 Å². The third-order valence-electron chi connectivity index (χ3n) is 8.51. The third-order valence-corrected chi connectivity index (χ3v) is 8.51. The van der Waals surface area contributed by atoms with Crippen LogP contribution in [0.2, 0.25) is 0 Å². The van der Waals surface area contributed by atoms with Crippen LogP contribution in [0.1, 0.15) is 44.6 Å². The maximum Gasteiger partial charge on any atom is 0.475 e. The van der Waals surface area contributed by atoms with Gasteiger partial charge in [-0.2, -0.15) is 0 Å². The first-order chi connectivity index (χ1) is 23.4. The summed E-state index contributed by atoms with van der Waals surface area (Å²) in [4.78, 5) is 60.9. The van der Waals surface area contributed by atoms with Gasteiger partial charge < -0.3 is 30.0 Å². The van der Waals surface area contributed by atoms with Crippen molar-refractivity contribution in [1.82, 2.24) is 20.4 Å². The van der Waals surface area contributed by atoms with Gasteiger partial charge in [0.2, 0.25) is 5.91 Å². The van der Waals surface area contributed by atoms with Gasteiger partial charge in [0.15, 0.2) is 0 Å². The molecule has 5 atom stereocenters. The van der Waals surface area contributed by atoms with E-state index in [2.05, 4.69) is 15.6 Å². The highest BCUT2D eigenvalue weighted by Gasteiger charge is 2.50. The van der Waals surface area contributed by atoms with Crippen LogP contribution >= 0.6 is 0 Å². The highest BCUT2D eigenvalue weighted by atomic mass is 16.5. The van der Waals surface area contributed by atoms with E-state index in [4.69, 9.17) is 9.39 Å². The summed E-state index contributed by atoms with van der Waals surface area (Å²) in [5.74, 6) is -3.09. The van der Waals surface area contributed by atoms with Crippen molar-refractivity contribution in [3.05, 3.63) is 84.6 Å². The maximum atomic E-state index is 13.7. The average Bonchev–Trinajstić information content (AvgIpc) is 3.38. The van der Waals surface area contributed by atoms with Crippen LogP contribution in [0.15, 0.2) is 78.9 Å². The molecule has 1 aromatic heterocycles. The Morgan fingerprint density at radius 2 is 1.63 bits per heavy atom. The first-order valence-corrected chi connectivity index (χ1v) is 16.5. The topological polar surface area (TPSA) is 150 Å². The zero-order valence-electron chi connectivity index (χ0n) is 28.9. The lowest BCUT2D eigenvalue weighted by Crippen LogP contribution is -2.60. The molecule has 1 fully saturated rings. The second-order valence-electron chi connectivity index (χ2n) is 12.9. The summed E-state index contributed by atoms with van der Waals surface area (Å²) in [5, 5.41) is 16.2. The number of aromatic nitrogens is 1. The van der Waals surface area contributed by atoms with Crippen LogP contribution < -0.4 is 15.5 Å². The van der Waals surface area contributed by atoms with Gasteiger partial charge in [0.05, 0.1) is 30.8 Å². The molecule has 49 heavy (non-hydrogen) atoms. The number of nitrogens with one attached hydrogen (secondary N) is 2. The van der Waals surface area contributed by atoms with Gasteiger partial charge in [-0.1, -0.05) is 75.4 Å². The molecule has 1 aliphatic heterocycles. The van der Waals surface area contributed by atoms with Gasteiger partial charge in [-0.05, 0) is 50.6 Å². The van der Waals surface area contributed by atoms with Crippen LogP contribution in [0.25, 0.3) is 11.3 Å². The molecule has 0 unspecified atom stereocenters. The number of benzene rings is 2. The molecule has 3 aromatic rings. The highest BCUT2D eigenvalue weighted by molar-refractivity contribution is 6.55. The van der Waals surface area contributed by atoms with Crippen molar-refractivity contribution in [1.29, 1.82) is 0 Å². The van der Waals surface area contributed by atoms with Gasteiger partial charge in [-0.25, -0.2) is 4.98 Å². The van der Waals surface area contributed by atoms with Crippen molar-refractivity contribution in [2.75, 3.05) is 32.1 Å². The predicted octanol–water partition coefficient (Wildman–Crippen LogP) is 2.96. The Kier molecular flexibility index (Phi) is 12.9. The average molecular weight is 672 g/mol. The number of pyridine rings is 1. The number of nitrogens with zero attached hydrogens (tertiary/aromatic N) is 3. The normalized spacial score (nSPS) is 17.1. The molecule has 3 N–H and O–H groups in total. The number of hydrogen-bond donors (Lipinski definition) is 3. The van der Waals surface area contributed by atoms with E-state index in [9.17, 15) is 24.3 Å². The number of amides is 2. The summed E-state index contributed by atoms with van der Waals surface area (Å²) < 4.78 is 10.8. The molecule has 12 nitrogen and oxygen atoms in total. The summed E-state index contributed by atoms with van der Waals surface area (Å²) >= 11 is 0. The van der Waals surface area contributed by atoms with Gasteiger partial charge in [0.25, 0.3) is 5.91 Å². The van der Waals surface area contributed by atoms with E-state index in [-0.39, 0.29) is 24.1 Å². The minimum Gasteiger partial charge on any atom is -0.517 e. The monoisotopic (exact) mass is 671 g/mol. The predicted molar refractivity (Wildman–Crippen MR) is 187 cm³/mol. The van der Waals surface area contributed by atoms with E-state index in [1.807, 2.05) is 79.4 Å². The van der Waals surface area contributed by atoms with Crippen LogP contribution in [0.4, 0.5) is 5.69 Å². The van der Waals surface area contributed by atoms with Crippen molar-refractivity contribution >= 4 is 36.5 Å². The Balaban J connectivity index is 1.50. The fourth-order valence-corrected chi connectivity index (χ4v) is 5.91. The number of ether oxygens (including phenoxy) is 1. The van der Waals surface area contributed by atoms with E-state index in [0.29, 0.717) is 18.7 Å². The Hall–Kier alpha value is -4.75. The van der Waals surface area contributed by atoms with Crippen LogP contribution in [-0.2, 0) is 23.8 Å². The van der Waals surface area contributed by atoms with Crippen LogP contribution in [-0.4, -0.2) is 97.1 Å². The number of aliphatic hydroxyl groups is 1. The molecular weight excluding hydrogens is 625 g/mol. The lowest BCUT2D eigenvalue weighted by molar-refractivity contribution is -0.144. The molecule has 0 aliphatic carbocycles. The minimum atomic E-state index is -1.31. The summed E-state index contributed by atoms with van der Waals surface area (Å²) in [6, 6.07) is 21.9. The molecule has 0 saturated carbocycles. The van der Waals surface area contributed by atoms with E-state index in [1.165, 1.54) is 20.1 Å². The molecule has 2 amide bonds. The molecule has 0 radical (unpaired) electrons. The molecule has 13 heteroatoms. The number of methoxy groups -OCH3 is 1. The molecule has 2 heterocycles. The highest BCUT2D eigenvalue weighted by Crippen LogP contribution is 2.24. The van der Waals surface area contributed by atoms with Crippen LogP contribution in [0.3, 0.4) is 0 Å². The zero-order valence-corrected chi connectivity index (χ0v) is 28.9. The number of rotatable bonds is 15. The van der Waals surface area contributed by atoms with Gasteiger partial charge in [0.1, 0.15) is 17.8 Å². The van der Waals surface area contributed by atoms with E-state index in [1.54, 1.807) is 30.9 Å². The first-order valence-electron chi connectivity index (χ1n) is 16.5. The van der Waals surface area contributed by atoms with Crippen molar-refractivity contribution in [2.45, 2.75) is 58.2 Å². The quantitative estimate of drug-likeness (QED) is 0.163. The summed E-state index contributed by atoms with van der Waals surface area (Å²) in [6.45, 7) is 7.69. The number of carbonyl (C=O) groups excluding carboxylic acids is 4. The molecule has 0 spiro atoms. The number of likely N-dealkylation sites (N-methyl/N-ethyl adjacent to an activating group) is 1. The number of hydrogen-bond acceptors (Lipinski definition) is 10. The number of para-hydroxylation sites is 1. The largest absolute Gasteiger partial charge is 0.517 e. The number of anilines is 1. The maximum absolute atomic E-state index is 13.7. The Bertz CT molecular complexity index is 1580. The SMILES string of the molecule is COC(=O)[C@@H](C)CN(C[C@H]1C(=O)OB([C@H](CC(C)C)NC(=O)[C@@H](NC(=O)c2cccc(-c3ccccc3)n2)[C@@H](C)O)N1C)c1ccccc1. The molecule has 2 aromatic carbocycles. The lowest BCUT2D eigenvalue weighted by Gasteiger charge is -2.32. The van der Waals surface area contributed by atoms with Gasteiger partial charge >= 0.3 is 19.0 Å². The molecule has 4 rings (SSSR count). The van der Waals surface area contributed by atoms with Crippen molar-refractivity contribution < 1.29 is 33.7 Å². The third kappa shape index (κ3) is 9.67. The minimum absolute atomic E-state index is 0.0929. The number of esters is 1. The fourth-order valence-electron chi connectivity index (χ4n) is 5.91. The van der Waals surface area contributed by atoms with E-state index >= 15 is 0 Å². The smallest absolute Gasteiger partial charge is 0.475 e. The van der Waals surface area contributed by atoms with E-state index < -0.39 is 54.9 Å². The van der Waals surface area contributed by atoms with Crippen LogP contribution in [0.5, 0.6) is 0 Å². The second kappa shape index (κ2) is 17.1. The van der Waals surface area contributed by atoms with Gasteiger partial charge in [-0.15, -0.1) is 0 Å². The van der Waals surface area contributed by atoms with Crippen molar-refractivity contribution in [3.63, 3.8) is 0 Å². The van der Waals surface area contributed by atoms with Crippen molar-refractivity contribution in [3.8, 4) is 11.3 Å². The van der Waals surface area contributed by atoms with E-state index in [0.717, 1.165) is 11.3 Å². The summed E-state index contributed by atoms with van der Waals surface area (Å²) in [6.07, 6.45) is -0.794. The summed E-state index contributed by atoms with van der Waals surface area (Å²) in [7, 11) is 2.27. The van der Waals surface area contributed by atoms with Gasteiger partial charge in [0, 0.05) is 24.3 Å². The molecule has 1 saturated heterocycles. The Morgan fingerprint density at radius 1 is 0.980 bits per heavy atom. The molecular formula is C36H46BN5O7. The molecule has 260 valence electrons. The lowest BCUT2D eigenvalue weighted by atomic mass is 9.68. The molecule has 0 bridgehead atoms. The Labute approximate surface area is 288 Å².